The molecule has 0 saturated heterocycles. The first-order valence-corrected chi connectivity index (χ1v) is 6.76. The van der Waals surface area contributed by atoms with Gasteiger partial charge in [0.2, 0.25) is 0 Å². The van der Waals surface area contributed by atoms with Gasteiger partial charge in [-0.05, 0) is 18.9 Å². The number of rotatable bonds is 9. The van der Waals surface area contributed by atoms with E-state index in [9.17, 15) is 19.7 Å². The minimum Gasteiger partial charge on any atom is -0.481 e. The fourth-order valence-corrected chi connectivity index (χ4v) is 1.88. The van der Waals surface area contributed by atoms with E-state index in [4.69, 9.17) is 5.11 Å². The third-order valence-electron chi connectivity index (χ3n) is 2.95. The van der Waals surface area contributed by atoms with Crippen LogP contribution in [0.5, 0.6) is 0 Å². The van der Waals surface area contributed by atoms with Crippen molar-refractivity contribution < 1.29 is 19.6 Å². The van der Waals surface area contributed by atoms with Gasteiger partial charge in [-0.25, -0.2) is 0 Å². The van der Waals surface area contributed by atoms with Crippen LogP contribution in [-0.4, -0.2) is 28.5 Å². The van der Waals surface area contributed by atoms with E-state index in [0.717, 1.165) is 12.8 Å². The van der Waals surface area contributed by atoms with Gasteiger partial charge in [0.1, 0.15) is 5.56 Å². The van der Waals surface area contributed by atoms with Crippen LogP contribution >= 0.6 is 0 Å². The van der Waals surface area contributed by atoms with Crippen molar-refractivity contribution in [2.45, 2.75) is 32.1 Å². The molecule has 0 fully saturated rings. The zero-order valence-corrected chi connectivity index (χ0v) is 11.6. The molecule has 1 amide bonds. The SMILES string of the molecule is O=C(O)CCCCCCNC(=O)c1ccccc1[N+](=O)[O-]. The van der Waals surface area contributed by atoms with Gasteiger partial charge in [0.05, 0.1) is 4.92 Å². The zero-order valence-electron chi connectivity index (χ0n) is 11.6. The number of hydrogen-bond donors (Lipinski definition) is 2. The second-order valence-corrected chi connectivity index (χ2v) is 4.59. The van der Waals surface area contributed by atoms with Gasteiger partial charge in [-0.1, -0.05) is 25.0 Å². The van der Waals surface area contributed by atoms with Crippen molar-refractivity contribution in [3.8, 4) is 0 Å². The number of nitro benzene ring substituents is 1. The lowest BCUT2D eigenvalue weighted by Crippen LogP contribution is -2.25. The van der Waals surface area contributed by atoms with Crippen molar-refractivity contribution in [2.24, 2.45) is 0 Å². The average Bonchev–Trinajstić information content (AvgIpc) is 2.45. The van der Waals surface area contributed by atoms with Crippen LogP contribution in [0, 0.1) is 10.1 Å². The number of carboxylic acid groups (broad SMARTS) is 1. The summed E-state index contributed by atoms with van der Waals surface area (Å²) >= 11 is 0. The topological polar surface area (TPSA) is 110 Å². The average molecular weight is 294 g/mol. The molecule has 21 heavy (non-hydrogen) atoms. The number of carbonyl (C=O) groups is 2. The summed E-state index contributed by atoms with van der Waals surface area (Å²) in [5.74, 6) is -1.27. The summed E-state index contributed by atoms with van der Waals surface area (Å²) in [6, 6.07) is 5.80. The van der Waals surface area contributed by atoms with E-state index in [2.05, 4.69) is 5.32 Å². The highest BCUT2D eigenvalue weighted by Crippen LogP contribution is 2.17. The first-order valence-electron chi connectivity index (χ1n) is 6.76. The maximum atomic E-state index is 11.9. The number of hydrogen-bond acceptors (Lipinski definition) is 4. The molecule has 2 N–H and O–H groups in total. The van der Waals surface area contributed by atoms with E-state index < -0.39 is 16.8 Å². The fourth-order valence-electron chi connectivity index (χ4n) is 1.88. The highest BCUT2D eigenvalue weighted by molar-refractivity contribution is 5.98. The number of para-hydroxylation sites is 1. The number of amides is 1. The molecule has 0 aliphatic heterocycles. The summed E-state index contributed by atoms with van der Waals surface area (Å²) in [6.07, 6.45) is 3.08. The van der Waals surface area contributed by atoms with E-state index in [1.807, 2.05) is 0 Å². The highest BCUT2D eigenvalue weighted by atomic mass is 16.6. The van der Waals surface area contributed by atoms with E-state index >= 15 is 0 Å². The highest BCUT2D eigenvalue weighted by Gasteiger charge is 2.18. The quantitative estimate of drug-likeness (QED) is 0.413. The van der Waals surface area contributed by atoms with Crippen LogP contribution in [0.3, 0.4) is 0 Å². The lowest BCUT2D eigenvalue weighted by atomic mass is 10.1. The number of benzene rings is 1. The smallest absolute Gasteiger partial charge is 0.303 e. The first-order chi connectivity index (χ1) is 10.0. The number of nitrogens with one attached hydrogen (secondary N) is 1. The molecule has 0 aromatic heterocycles. The fraction of sp³-hybridized carbons (Fsp3) is 0.429. The monoisotopic (exact) mass is 294 g/mol. The van der Waals surface area contributed by atoms with Gasteiger partial charge in [-0.15, -0.1) is 0 Å². The molecular weight excluding hydrogens is 276 g/mol. The van der Waals surface area contributed by atoms with Crippen LogP contribution in [0.25, 0.3) is 0 Å². The Bertz CT molecular complexity index is 516. The standard InChI is InChI=1S/C14H18N2O5/c17-13(18)9-3-1-2-6-10-15-14(19)11-7-4-5-8-12(11)16(20)21/h4-5,7-8H,1-3,6,9-10H2,(H,15,19)(H,17,18). The van der Waals surface area contributed by atoms with Crippen LogP contribution in [-0.2, 0) is 4.79 Å². The summed E-state index contributed by atoms with van der Waals surface area (Å²) in [6.45, 7) is 0.415. The summed E-state index contributed by atoms with van der Waals surface area (Å²) in [7, 11) is 0. The van der Waals surface area contributed by atoms with Crippen LogP contribution in [0.4, 0.5) is 5.69 Å². The normalized spacial score (nSPS) is 10.1. The van der Waals surface area contributed by atoms with Gasteiger partial charge in [0.25, 0.3) is 11.6 Å². The van der Waals surface area contributed by atoms with Crippen molar-refractivity contribution in [1.29, 1.82) is 0 Å². The van der Waals surface area contributed by atoms with E-state index in [1.165, 1.54) is 18.2 Å². The van der Waals surface area contributed by atoms with Crippen molar-refractivity contribution in [1.82, 2.24) is 5.32 Å². The van der Waals surface area contributed by atoms with Crippen molar-refractivity contribution in [3.63, 3.8) is 0 Å². The molecule has 1 aromatic rings. The molecule has 1 aromatic carbocycles. The number of aliphatic carboxylic acids is 1. The predicted molar refractivity (Wildman–Crippen MR) is 76.2 cm³/mol. The Morgan fingerprint density at radius 2 is 1.81 bits per heavy atom. The molecule has 0 bridgehead atoms. The molecule has 114 valence electrons. The molecule has 1 rings (SSSR count). The van der Waals surface area contributed by atoms with Crippen molar-refractivity contribution in [2.75, 3.05) is 6.54 Å². The lowest BCUT2D eigenvalue weighted by Gasteiger charge is -2.05. The van der Waals surface area contributed by atoms with Gasteiger partial charge < -0.3 is 10.4 Å². The van der Waals surface area contributed by atoms with Gasteiger partial charge in [-0.2, -0.15) is 0 Å². The van der Waals surface area contributed by atoms with Crippen molar-refractivity contribution >= 4 is 17.6 Å². The number of nitro groups is 1. The van der Waals surface area contributed by atoms with Crippen LogP contribution in [0.1, 0.15) is 42.5 Å². The van der Waals surface area contributed by atoms with Crippen LogP contribution in [0.2, 0.25) is 0 Å². The van der Waals surface area contributed by atoms with Crippen LogP contribution < -0.4 is 5.32 Å². The molecule has 0 heterocycles. The predicted octanol–water partition coefficient (Wildman–Crippen LogP) is 2.36. The van der Waals surface area contributed by atoms with Gasteiger partial charge in [0, 0.05) is 19.0 Å². The van der Waals surface area contributed by atoms with Crippen molar-refractivity contribution in [3.05, 3.63) is 39.9 Å². The van der Waals surface area contributed by atoms with E-state index in [1.54, 1.807) is 6.07 Å². The third kappa shape index (κ3) is 6.03. The van der Waals surface area contributed by atoms with Crippen LogP contribution in [0.15, 0.2) is 24.3 Å². The number of nitrogens with zero attached hydrogens (tertiary/aromatic N) is 1. The molecule has 0 unspecified atom stereocenters. The number of carbonyl (C=O) groups excluding carboxylic acids is 1. The Morgan fingerprint density at radius 3 is 2.48 bits per heavy atom. The maximum absolute atomic E-state index is 11.9. The largest absolute Gasteiger partial charge is 0.481 e. The minimum absolute atomic E-state index is 0.0494. The molecule has 0 aliphatic carbocycles. The Labute approximate surface area is 122 Å². The molecule has 0 radical (unpaired) electrons. The maximum Gasteiger partial charge on any atom is 0.303 e. The second-order valence-electron chi connectivity index (χ2n) is 4.59. The molecule has 0 saturated carbocycles. The molecule has 7 heteroatoms. The Kier molecular flexibility index (Phi) is 6.86. The summed E-state index contributed by atoms with van der Waals surface area (Å²) in [5.41, 5.74) is -0.162. The zero-order chi connectivity index (χ0) is 15.7. The molecule has 0 aliphatic rings. The number of carboxylic acids is 1. The molecule has 7 nitrogen and oxygen atoms in total. The molecule has 0 atom stereocenters. The van der Waals surface area contributed by atoms with Gasteiger partial charge in [-0.3, -0.25) is 19.7 Å². The first kappa shape index (κ1) is 16.6. The Morgan fingerprint density at radius 1 is 1.14 bits per heavy atom. The summed E-state index contributed by atoms with van der Waals surface area (Å²) < 4.78 is 0. The third-order valence-corrected chi connectivity index (χ3v) is 2.95. The number of unbranched alkanes of at least 4 members (excludes halogenated alkanes) is 3. The molecular formula is C14H18N2O5. The Balaban J connectivity index is 2.31. The second kappa shape index (κ2) is 8.68. The summed E-state index contributed by atoms with van der Waals surface area (Å²) in [5, 5.41) is 21.9. The Hall–Kier alpha value is -2.44. The van der Waals surface area contributed by atoms with E-state index in [-0.39, 0.29) is 17.7 Å². The summed E-state index contributed by atoms with van der Waals surface area (Å²) in [4.78, 5) is 32.4. The minimum atomic E-state index is -0.806. The van der Waals surface area contributed by atoms with Gasteiger partial charge in [0.15, 0.2) is 0 Å². The van der Waals surface area contributed by atoms with Gasteiger partial charge >= 0.3 is 5.97 Å². The van der Waals surface area contributed by atoms with E-state index in [0.29, 0.717) is 19.4 Å². The molecule has 0 spiro atoms. The lowest BCUT2D eigenvalue weighted by molar-refractivity contribution is -0.385.